The molecule has 0 amide bonds. The van der Waals surface area contributed by atoms with Crippen molar-refractivity contribution in [3.8, 4) is 5.75 Å². The van der Waals surface area contributed by atoms with E-state index >= 15 is 0 Å². The first-order valence-corrected chi connectivity index (χ1v) is 6.14. The molecule has 0 aliphatic rings. The second-order valence-electron chi connectivity index (χ2n) is 3.77. The normalized spacial score (nSPS) is 12.2. The molecule has 0 heterocycles. The van der Waals surface area contributed by atoms with Crippen molar-refractivity contribution >= 4 is 21.8 Å². The molecule has 0 saturated heterocycles. The van der Waals surface area contributed by atoms with Crippen LogP contribution in [0.4, 0.5) is 0 Å². The van der Waals surface area contributed by atoms with Crippen molar-refractivity contribution in [3.63, 3.8) is 0 Å². The highest BCUT2D eigenvalue weighted by Gasteiger charge is 2.07. The molecule has 1 rings (SSSR count). The van der Waals surface area contributed by atoms with Crippen molar-refractivity contribution in [1.29, 1.82) is 5.41 Å². The van der Waals surface area contributed by atoms with E-state index in [-0.39, 0.29) is 11.9 Å². The van der Waals surface area contributed by atoms with Gasteiger partial charge in [0.05, 0.1) is 6.10 Å². The molecule has 4 heteroatoms. The minimum atomic E-state index is 0.0556. The minimum Gasteiger partial charge on any atom is -0.491 e. The van der Waals surface area contributed by atoms with Gasteiger partial charge in [0, 0.05) is 10.0 Å². The highest BCUT2D eigenvalue weighted by atomic mass is 79.9. The van der Waals surface area contributed by atoms with Crippen LogP contribution < -0.4 is 10.5 Å². The van der Waals surface area contributed by atoms with Gasteiger partial charge in [-0.05, 0) is 47.5 Å². The summed E-state index contributed by atoms with van der Waals surface area (Å²) < 4.78 is 6.52. The quantitative estimate of drug-likeness (QED) is 0.644. The van der Waals surface area contributed by atoms with E-state index in [4.69, 9.17) is 15.9 Å². The fourth-order valence-electron chi connectivity index (χ4n) is 1.49. The van der Waals surface area contributed by atoms with E-state index < -0.39 is 0 Å². The minimum absolute atomic E-state index is 0.0556. The lowest BCUT2D eigenvalue weighted by Gasteiger charge is -2.14. The van der Waals surface area contributed by atoms with Crippen molar-refractivity contribution in [1.82, 2.24) is 0 Å². The molecule has 0 aliphatic heterocycles. The maximum atomic E-state index is 7.36. The highest BCUT2D eigenvalue weighted by molar-refractivity contribution is 9.10. The van der Waals surface area contributed by atoms with Crippen LogP contribution in [0.15, 0.2) is 22.7 Å². The molecule has 88 valence electrons. The van der Waals surface area contributed by atoms with Crippen LogP contribution in [0.2, 0.25) is 0 Å². The number of nitrogens with one attached hydrogen (secondary N) is 1. The predicted octanol–water partition coefficient (Wildman–Crippen LogP) is 3.30. The zero-order valence-electron chi connectivity index (χ0n) is 9.59. The number of halogens is 1. The molecule has 0 spiro atoms. The van der Waals surface area contributed by atoms with Crippen LogP contribution in [-0.4, -0.2) is 11.9 Å². The Labute approximate surface area is 105 Å². The van der Waals surface area contributed by atoms with E-state index in [2.05, 4.69) is 29.8 Å². The standard InChI is InChI=1S/C12H17BrN2O/c1-3-4-8(2)16-9-5-6-10(12(14)15)11(13)7-9/h5-8H,3-4H2,1-2H3,(H3,14,15). The summed E-state index contributed by atoms with van der Waals surface area (Å²) in [5.74, 6) is 0.859. The molecule has 1 aromatic rings. The Balaban J connectivity index is 2.77. The Morgan fingerprint density at radius 3 is 2.75 bits per heavy atom. The van der Waals surface area contributed by atoms with Crippen LogP contribution in [0.5, 0.6) is 5.75 Å². The molecule has 1 aromatic carbocycles. The van der Waals surface area contributed by atoms with Crippen LogP contribution in [-0.2, 0) is 0 Å². The van der Waals surface area contributed by atoms with Crippen LogP contribution >= 0.6 is 15.9 Å². The average molecular weight is 285 g/mol. The first kappa shape index (κ1) is 13.0. The summed E-state index contributed by atoms with van der Waals surface area (Å²) in [4.78, 5) is 0. The van der Waals surface area contributed by atoms with E-state index in [1.54, 1.807) is 6.07 Å². The van der Waals surface area contributed by atoms with Gasteiger partial charge in [-0.15, -0.1) is 0 Å². The number of hydrogen-bond donors (Lipinski definition) is 2. The van der Waals surface area contributed by atoms with E-state index in [1.165, 1.54) is 0 Å². The third kappa shape index (κ3) is 3.52. The largest absolute Gasteiger partial charge is 0.491 e. The molecule has 16 heavy (non-hydrogen) atoms. The number of benzene rings is 1. The number of rotatable bonds is 5. The number of nitrogen functional groups attached to an aromatic ring is 1. The summed E-state index contributed by atoms with van der Waals surface area (Å²) in [6.07, 6.45) is 2.35. The van der Waals surface area contributed by atoms with Gasteiger partial charge in [0.2, 0.25) is 0 Å². The maximum Gasteiger partial charge on any atom is 0.123 e. The topological polar surface area (TPSA) is 59.1 Å². The van der Waals surface area contributed by atoms with Crippen molar-refractivity contribution in [2.24, 2.45) is 5.73 Å². The van der Waals surface area contributed by atoms with Gasteiger partial charge in [0.1, 0.15) is 11.6 Å². The number of nitrogens with two attached hydrogens (primary N) is 1. The van der Waals surface area contributed by atoms with Crippen molar-refractivity contribution in [3.05, 3.63) is 28.2 Å². The molecular weight excluding hydrogens is 268 g/mol. The van der Waals surface area contributed by atoms with Crippen molar-refractivity contribution in [2.45, 2.75) is 32.8 Å². The number of hydrogen-bond acceptors (Lipinski definition) is 2. The molecule has 1 atom stereocenters. The van der Waals surface area contributed by atoms with E-state index in [0.29, 0.717) is 5.56 Å². The number of ether oxygens (including phenoxy) is 1. The Bertz CT molecular complexity index is 379. The van der Waals surface area contributed by atoms with Crippen molar-refractivity contribution in [2.75, 3.05) is 0 Å². The summed E-state index contributed by atoms with van der Waals surface area (Å²) in [6.45, 7) is 4.19. The Morgan fingerprint density at radius 1 is 1.56 bits per heavy atom. The number of amidine groups is 1. The highest BCUT2D eigenvalue weighted by Crippen LogP contribution is 2.24. The van der Waals surface area contributed by atoms with Crippen LogP contribution in [0.3, 0.4) is 0 Å². The lowest BCUT2D eigenvalue weighted by molar-refractivity contribution is 0.210. The molecular formula is C12H17BrN2O. The van der Waals surface area contributed by atoms with E-state index in [0.717, 1.165) is 23.1 Å². The van der Waals surface area contributed by atoms with Crippen molar-refractivity contribution < 1.29 is 4.74 Å². The first-order valence-electron chi connectivity index (χ1n) is 5.35. The maximum absolute atomic E-state index is 7.36. The smallest absolute Gasteiger partial charge is 0.123 e. The molecule has 0 aliphatic carbocycles. The van der Waals surface area contributed by atoms with Crippen LogP contribution in [0, 0.1) is 5.41 Å². The summed E-state index contributed by atoms with van der Waals surface area (Å²) in [5.41, 5.74) is 6.12. The Kier molecular flexibility index (Phi) is 4.80. The molecule has 0 saturated carbocycles. The molecule has 0 radical (unpaired) electrons. The summed E-state index contributed by atoms with van der Waals surface area (Å²) in [7, 11) is 0. The first-order chi connectivity index (χ1) is 7.54. The van der Waals surface area contributed by atoms with Gasteiger partial charge in [-0.25, -0.2) is 0 Å². The average Bonchev–Trinajstić information content (AvgIpc) is 2.17. The lowest BCUT2D eigenvalue weighted by Crippen LogP contribution is -2.13. The lowest BCUT2D eigenvalue weighted by atomic mass is 10.2. The van der Waals surface area contributed by atoms with Gasteiger partial charge in [0.15, 0.2) is 0 Å². The zero-order valence-corrected chi connectivity index (χ0v) is 11.2. The third-order valence-electron chi connectivity index (χ3n) is 2.26. The fraction of sp³-hybridized carbons (Fsp3) is 0.417. The second-order valence-corrected chi connectivity index (χ2v) is 4.63. The van der Waals surface area contributed by atoms with E-state index in [9.17, 15) is 0 Å². The Morgan fingerprint density at radius 2 is 2.25 bits per heavy atom. The van der Waals surface area contributed by atoms with Gasteiger partial charge in [-0.3, -0.25) is 5.41 Å². The summed E-state index contributed by atoms with van der Waals surface area (Å²) in [6, 6.07) is 5.48. The second kappa shape index (κ2) is 5.89. The van der Waals surface area contributed by atoms with Gasteiger partial charge in [-0.1, -0.05) is 13.3 Å². The van der Waals surface area contributed by atoms with Gasteiger partial charge in [0.25, 0.3) is 0 Å². The fourth-order valence-corrected chi connectivity index (χ4v) is 2.06. The SMILES string of the molecule is CCCC(C)Oc1ccc(C(=N)N)c(Br)c1. The molecule has 3 nitrogen and oxygen atoms in total. The van der Waals surface area contributed by atoms with Gasteiger partial charge < -0.3 is 10.5 Å². The molecule has 0 fully saturated rings. The van der Waals surface area contributed by atoms with E-state index in [1.807, 2.05) is 12.1 Å². The van der Waals surface area contributed by atoms with Gasteiger partial charge in [-0.2, -0.15) is 0 Å². The molecule has 0 aromatic heterocycles. The van der Waals surface area contributed by atoms with Crippen LogP contribution in [0.1, 0.15) is 32.3 Å². The third-order valence-corrected chi connectivity index (χ3v) is 2.92. The van der Waals surface area contributed by atoms with Crippen LogP contribution in [0.25, 0.3) is 0 Å². The summed E-state index contributed by atoms with van der Waals surface area (Å²) in [5, 5.41) is 7.36. The zero-order chi connectivity index (χ0) is 12.1. The Hall–Kier alpha value is -1.03. The molecule has 1 unspecified atom stereocenters. The van der Waals surface area contributed by atoms with Gasteiger partial charge >= 0.3 is 0 Å². The summed E-state index contributed by atoms with van der Waals surface area (Å²) >= 11 is 3.38. The molecule has 3 N–H and O–H groups in total. The monoisotopic (exact) mass is 284 g/mol. The molecule has 0 bridgehead atoms. The predicted molar refractivity (Wildman–Crippen MR) is 70.2 cm³/mol.